The van der Waals surface area contributed by atoms with Crippen LogP contribution in [0, 0.1) is 0 Å². The van der Waals surface area contributed by atoms with Crippen LogP contribution in [0.2, 0.25) is 0 Å². The van der Waals surface area contributed by atoms with Crippen LogP contribution in [0.25, 0.3) is 0 Å². The number of hydrogen-bond donors (Lipinski definition) is 2. The maximum absolute atomic E-state index is 12.1. The molecule has 3 rings (SSSR count). The van der Waals surface area contributed by atoms with E-state index < -0.39 is 0 Å². The van der Waals surface area contributed by atoms with E-state index in [1.165, 1.54) is 0 Å². The molecule has 7 nitrogen and oxygen atoms in total. The molecule has 24 heavy (non-hydrogen) atoms. The van der Waals surface area contributed by atoms with Crippen LogP contribution in [0.15, 0.2) is 24.3 Å². The van der Waals surface area contributed by atoms with Gasteiger partial charge in [-0.25, -0.2) is 4.79 Å². The number of nitrogens with zero attached hydrogens (tertiary/aromatic N) is 2. The molecule has 0 radical (unpaired) electrons. The smallest absolute Gasteiger partial charge is 0.319 e. The van der Waals surface area contributed by atoms with Crippen LogP contribution in [0.1, 0.15) is 12.8 Å². The van der Waals surface area contributed by atoms with Crippen molar-refractivity contribution in [3.8, 4) is 0 Å². The second-order valence-electron chi connectivity index (χ2n) is 6.00. The Bertz CT molecular complexity index is 587. The Kier molecular flexibility index (Phi) is 5.66. The fourth-order valence-corrected chi connectivity index (χ4v) is 3.04. The number of anilines is 2. The van der Waals surface area contributed by atoms with Gasteiger partial charge in [0.15, 0.2) is 0 Å². The maximum atomic E-state index is 12.1. The zero-order valence-electron chi connectivity index (χ0n) is 13.8. The van der Waals surface area contributed by atoms with Gasteiger partial charge in [0.1, 0.15) is 0 Å². The number of carbonyl (C=O) groups is 2. The number of nitrogens with one attached hydrogen (secondary N) is 2. The molecule has 2 aliphatic rings. The van der Waals surface area contributed by atoms with Crippen molar-refractivity contribution in [2.45, 2.75) is 12.8 Å². The Morgan fingerprint density at radius 2 is 1.96 bits per heavy atom. The van der Waals surface area contributed by atoms with Crippen molar-refractivity contribution in [3.63, 3.8) is 0 Å². The summed E-state index contributed by atoms with van der Waals surface area (Å²) in [5.74, 6) is 0.108. The molecule has 2 heterocycles. The summed E-state index contributed by atoms with van der Waals surface area (Å²) in [6, 6.07) is 7.17. The molecule has 2 saturated heterocycles. The molecule has 1 aromatic rings. The van der Waals surface area contributed by atoms with Gasteiger partial charge in [0.2, 0.25) is 5.91 Å². The van der Waals surface area contributed by atoms with Gasteiger partial charge in [-0.1, -0.05) is 12.1 Å². The molecule has 7 heteroatoms. The summed E-state index contributed by atoms with van der Waals surface area (Å²) in [5.41, 5.74) is 1.43. The van der Waals surface area contributed by atoms with Crippen LogP contribution in [0.3, 0.4) is 0 Å². The van der Waals surface area contributed by atoms with Gasteiger partial charge in [-0.2, -0.15) is 0 Å². The number of carbonyl (C=O) groups excluding carboxylic acids is 2. The van der Waals surface area contributed by atoms with Crippen molar-refractivity contribution >= 4 is 23.3 Å². The van der Waals surface area contributed by atoms with Crippen molar-refractivity contribution in [1.82, 2.24) is 10.2 Å². The zero-order chi connectivity index (χ0) is 16.8. The topological polar surface area (TPSA) is 73.9 Å². The van der Waals surface area contributed by atoms with Gasteiger partial charge in [0, 0.05) is 39.1 Å². The standard InChI is InChI=1S/C17H24N4O3/c22-16-6-3-8-21(16)15-5-2-1-4-14(15)19-17(23)18-7-9-20-10-12-24-13-11-20/h1-2,4-5H,3,6-13H2,(H2,18,19,23). The number of ether oxygens (including phenoxy) is 1. The van der Waals surface area contributed by atoms with Crippen LogP contribution < -0.4 is 15.5 Å². The highest BCUT2D eigenvalue weighted by Crippen LogP contribution is 2.29. The largest absolute Gasteiger partial charge is 0.379 e. The lowest BCUT2D eigenvalue weighted by molar-refractivity contribution is -0.117. The number of para-hydroxylation sites is 2. The molecule has 0 aliphatic carbocycles. The fourth-order valence-electron chi connectivity index (χ4n) is 3.04. The molecule has 130 valence electrons. The summed E-state index contributed by atoms with van der Waals surface area (Å²) in [7, 11) is 0. The molecule has 2 N–H and O–H groups in total. The number of hydrogen-bond acceptors (Lipinski definition) is 4. The van der Waals surface area contributed by atoms with Gasteiger partial charge in [0.25, 0.3) is 0 Å². The Morgan fingerprint density at radius 1 is 1.17 bits per heavy atom. The third-order valence-electron chi connectivity index (χ3n) is 4.33. The van der Waals surface area contributed by atoms with Crippen molar-refractivity contribution in [1.29, 1.82) is 0 Å². The summed E-state index contributed by atoms with van der Waals surface area (Å²) < 4.78 is 5.30. The maximum Gasteiger partial charge on any atom is 0.319 e. The van der Waals surface area contributed by atoms with E-state index >= 15 is 0 Å². The number of rotatable bonds is 5. The first-order chi connectivity index (χ1) is 11.7. The minimum Gasteiger partial charge on any atom is -0.379 e. The Morgan fingerprint density at radius 3 is 2.71 bits per heavy atom. The molecule has 0 bridgehead atoms. The molecule has 3 amide bonds. The van der Waals surface area contributed by atoms with E-state index in [2.05, 4.69) is 15.5 Å². The highest BCUT2D eigenvalue weighted by atomic mass is 16.5. The first kappa shape index (κ1) is 16.7. The number of morpholine rings is 1. The zero-order valence-corrected chi connectivity index (χ0v) is 13.8. The van der Waals surface area contributed by atoms with Crippen LogP contribution in [-0.2, 0) is 9.53 Å². The van der Waals surface area contributed by atoms with E-state index in [1.54, 1.807) is 4.90 Å². The molecule has 0 aromatic heterocycles. The molecule has 2 aliphatic heterocycles. The lowest BCUT2D eigenvalue weighted by atomic mass is 10.2. The molecule has 0 saturated carbocycles. The van der Waals surface area contributed by atoms with E-state index in [9.17, 15) is 9.59 Å². The molecule has 0 atom stereocenters. The SMILES string of the molecule is O=C(NCCN1CCOCC1)Nc1ccccc1N1CCCC1=O. The van der Waals surface area contributed by atoms with E-state index in [4.69, 9.17) is 4.74 Å². The van der Waals surface area contributed by atoms with Gasteiger partial charge in [-0.3, -0.25) is 9.69 Å². The van der Waals surface area contributed by atoms with Gasteiger partial charge < -0.3 is 20.3 Å². The van der Waals surface area contributed by atoms with Crippen LogP contribution in [0.4, 0.5) is 16.2 Å². The Labute approximate surface area is 141 Å². The second-order valence-corrected chi connectivity index (χ2v) is 6.00. The minimum absolute atomic E-state index is 0.108. The molecular weight excluding hydrogens is 308 g/mol. The normalized spacial score (nSPS) is 18.7. The average molecular weight is 332 g/mol. The van der Waals surface area contributed by atoms with Gasteiger partial charge in [-0.05, 0) is 18.6 Å². The van der Waals surface area contributed by atoms with Crippen LogP contribution in [0.5, 0.6) is 0 Å². The lowest BCUT2D eigenvalue weighted by Gasteiger charge is -2.26. The number of benzene rings is 1. The predicted octanol–water partition coefficient (Wildman–Crippen LogP) is 1.27. The average Bonchev–Trinajstić information content (AvgIpc) is 3.02. The van der Waals surface area contributed by atoms with E-state index in [1.807, 2.05) is 24.3 Å². The first-order valence-electron chi connectivity index (χ1n) is 8.48. The van der Waals surface area contributed by atoms with Gasteiger partial charge in [-0.15, -0.1) is 0 Å². The van der Waals surface area contributed by atoms with Crippen molar-refractivity contribution in [2.75, 3.05) is 56.2 Å². The first-order valence-corrected chi connectivity index (χ1v) is 8.48. The van der Waals surface area contributed by atoms with E-state index in [0.29, 0.717) is 25.2 Å². The summed E-state index contributed by atoms with van der Waals surface area (Å²) in [6.07, 6.45) is 1.43. The minimum atomic E-state index is -0.248. The third kappa shape index (κ3) is 4.24. The van der Waals surface area contributed by atoms with Crippen LogP contribution >= 0.6 is 0 Å². The highest BCUT2D eigenvalue weighted by Gasteiger charge is 2.24. The lowest BCUT2D eigenvalue weighted by Crippen LogP contribution is -2.42. The summed E-state index contributed by atoms with van der Waals surface area (Å²) >= 11 is 0. The van der Waals surface area contributed by atoms with Gasteiger partial charge in [0.05, 0.1) is 24.6 Å². The second kappa shape index (κ2) is 8.12. The highest BCUT2D eigenvalue weighted by molar-refractivity contribution is 6.01. The summed E-state index contributed by atoms with van der Waals surface area (Å²) in [6.45, 7) is 5.41. The van der Waals surface area contributed by atoms with E-state index in [0.717, 1.165) is 45.0 Å². The Balaban J connectivity index is 1.51. The Hall–Kier alpha value is -2.12. The quantitative estimate of drug-likeness (QED) is 0.851. The van der Waals surface area contributed by atoms with Gasteiger partial charge >= 0.3 is 6.03 Å². The molecule has 0 unspecified atom stereocenters. The molecule has 1 aromatic carbocycles. The molecule has 0 spiro atoms. The number of urea groups is 1. The van der Waals surface area contributed by atoms with Crippen LogP contribution in [-0.4, -0.2) is 62.8 Å². The fraction of sp³-hybridized carbons (Fsp3) is 0.529. The summed E-state index contributed by atoms with van der Waals surface area (Å²) in [4.78, 5) is 28.1. The van der Waals surface area contributed by atoms with Crippen molar-refractivity contribution in [2.24, 2.45) is 0 Å². The van der Waals surface area contributed by atoms with Crippen molar-refractivity contribution < 1.29 is 14.3 Å². The van der Waals surface area contributed by atoms with Crippen molar-refractivity contribution in [3.05, 3.63) is 24.3 Å². The number of amides is 3. The van der Waals surface area contributed by atoms with E-state index in [-0.39, 0.29) is 11.9 Å². The monoisotopic (exact) mass is 332 g/mol. The summed E-state index contributed by atoms with van der Waals surface area (Å²) in [5, 5.41) is 5.73. The third-order valence-corrected chi connectivity index (χ3v) is 4.33. The predicted molar refractivity (Wildman–Crippen MR) is 92.3 cm³/mol. The molecule has 2 fully saturated rings. The molecular formula is C17H24N4O3.